The first-order valence-electron chi connectivity index (χ1n) is 4.64. The number of hydrogen-bond donors (Lipinski definition) is 0. The number of benzene rings is 1. The van der Waals surface area contributed by atoms with E-state index in [1.165, 1.54) is 11.3 Å². The Kier molecular flexibility index (Phi) is 3.47. The van der Waals surface area contributed by atoms with Gasteiger partial charge in [0.25, 0.3) is 0 Å². The summed E-state index contributed by atoms with van der Waals surface area (Å²) in [6.45, 7) is 1.98. The molecule has 1 aromatic heterocycles. The van der Waals surface area contributed by atoms with Crippen LogP contribution in [0.2, 0.25) is 5.02 Å². The molecule has 0 aliphatic rings. The third-order valence-electron chi connectivity index (χ3n) is 2.14. The molecule has 1 aromatic carbocycles. The van der Waals surface area contributed by atoms with Gasteiger partial charge in [0.2, 0.25) is 5.78 Å². The molecule has 2 rings (SSSR count). The summed E-state index contributed by atoms with van der Waals surface area (Å²) < 4.78 is 0.855. The number of carbonyl (C=O) groups is 1. The van der Waals surface area contributed by atoms with E-state index in [-0.39, 0.29) is 5.78 Å². The van der Waals surface area contributed by atoms with Gasteiger partial charge in [-0.15, -0.1) is 11.3 Å². The molecule has 0 saturated heterocycles. The van der Waals surface area contributed by atoms with Crippen LogP contribution in [-0.2, 0) is 0 Å². The summed E-state index contributed by atoms with van der Waals surface area (Å²) in [7, 11) is 0. The largest absolute Gasteiger partial charge is 0.288 e. The van der Waals surface area contributed by atoms with Gasteiger partial charge in [-0.3, -0.25) is 4.79 Å². The maximum absolute atomic E-state index is 12.1. The lowest BCUT2D eigenvalue weighted by Crippen LogP contribution is -1.99. The van der Waals surface area contributed by atoms with E-state index in [9.17, 15) is 4.79 Å². The predicted octanol–water partition coefficient (Wildman–Crippen LogP) is 4.70. The van der Waals surface area contributed by atoms with Crippen LogP contribution in [0.4, 0.5) is 0 Å². The van der Waals surface area contributed by atoms with Crippen molar-refractivity contribution in [1.29, 1.82) is 0 Å². The first-order chi connectivity index (χ1) is 7.58. The molecule has 0 fully saturated rings. The van der Waals surface area contributed by atoms with E-state index in [0.29, 0.717) is 10.6 Å². The molecule has 0 bridgehead atoms. The fraction of sp³-hybridized carbons (Fsp3) is 0.0833. The van der Waals surface area contributed by atoms with Crippen molar-refractivity contribution in [1.82, 2.24) is 0 Å². The van der Waals surface area contributed by atoms with Gasteiger partial charge in [0.1, 0.15) is 0 Å². The lowest BCUT2D eigenvalue weighted by atomic mass is 10.1. The smallest absolute Gasteiger partial charge is 0.204 e. The quantitative estimate of drug-likeness (QED) is 0.734. The minimum absolute atomic E-state index is 0.0237. The average Bonchev–Trinajstić information content (AvgIpc) is 2.67. The van der Waals surface area contributed by atoms with Gasteiger partial charge >= 0.3 is 0 Å². The van der Waals surface area contributed by atoms with Crippen molar-refractivity contribution < 1.29 is 4.79 Å². The van der Waals surface area contributed by atoms with Crippen LogP contribution in [0.1, 0.15) is 20.1 Å². The first kappa shape index (κ1) is 11.8. The molecule has 2 aromatic rings. The predicted molar refractivity (Wildman–Crippen MR) is 71.6 cm³/mol. The van der Waals surface area contributed by atoms with E-state index < -0.39 is 0 Å². The fourth-order valence-electron chi connectivity index (χ4n) is 1.36. The Labute approximate surface area is 111 Å². The molecule has 0 aliphatic carbocycles. The minimum Gasteiger partial charge on any atom is -0.288 e. The van der Waals surface area contributed by atoms with E-state index in [0.717, 1.165) is 14.2 Å². The van der Waals surface area contributed by atoms with Crippen LogP contribution in [-0.4, -0.2) is 5.78 Å². The average molecular weight is 316 g/mol. The van der Waals surface area contributed by atoms with Gasteiger partial charge in [0, 0.05) is 14.9 Å². The Bertz CT molecular complexity index is 548. The zero-order chi connectivity index (χ0) is 11.7. The number of ketones is 1. The van der Waals surface area contributed by atoms with Gasteiger partial charge in [-0.1, -0.05) is 27.5 Å². The van der Waals surface area contributed by atoms with Crippen molar-refractivity contribution >= 4 is 44.7 Å². The van der Waals surface area contributed by atoms with Crippen molar-refractivity contribution in [3.05, 3.63) is 55.1 Å². The molecule has 0 spiro atoms. The SMILES string of the molecule is Cc1ccc(C(=O)c2cc(Br)ccc2Cl)s1. The Morgan fingerprint density at radius 2 is 2.06 bits per heavy atom. The first-order valence-corrected chi connectivity index (χ1v) is 6.63. The fourth-order valence-corrected chi connectivity index (χ4v) is 2.75. The van der Waals surface area contributed by atoms with Crippen molar-refractivity contribution in [3.8, 4) is 0 Å². The minimum atomic E-state index is -0.0237. The summed E-state index contributed by atoms with van der Waals surface area (Å²) in [5.74, 6) is -0.0237. The van der Waals surface area contributed by atoms with Crippen LogP contribution in [0, 0.1) is 6.92 Å². The molecule has 0 amide bonds. The summed E-state index contributed by atoms with van der Waals surface area (Å²) in [6.07, 6.45) is 0. The molecule has 0 N–H and O–H groups in total. The molecule has 0 radical (unpaired) electrons. The highest BCUT2D eigenvalue weighted by molar-refractivity contribution is 9.10. The maximum atomic E-state index is 12.1. The lowest BCUT2D eigenvalue weighted by Gasteiger charge is -2.02. The second-order valence-electron chi connectivity index (χ2n) is 3.36. The summed E-state index contributed by atoms with van der Waals surface area (Å²) in [6, 6.07) is 9.06. The van der Waals surface area contributed by atoms with Crippen LogP contribution >= 0.6 is 38.9 Å². The standard InChI is InChI=1S/C12H8BrClOS/c1-7-2-5-11(16-7)12(15)9-6-8(13)3-4-10(9)14/h2-6H,1H3. The molecule has 16 heavy (non-hydrogen) atoms. The highest BCUT2D eigenvalue weighted by atomic mass is 79.9. The van der Waals surface area contributed by atoms with Crippen LogP contribution < -0.4 is 0 Å². The van der Waals surface area contributed by atoms with Crippen molar-refractivity contribution in [3.63, 3.8) is 0 Å². The van der Waals surface area contributed by atoms with Crippen LogP contribution in [0.25, 0.3) is 0 Å². The monoisotopic (exact) mass is 314 g/mol. The Morgan fingerprint density at radius 3 is 2.69 bits per heavy atom. The zero-order valence-corrected chi connectivity index (χ0v) is 11.6. The Morgan fingerprint density at radius 1 is 1.31 bits per heavy atom. The second-order valence-corrected chi connectivity index (χ2v) is 5.97. The number of rotatable bonds is 2. The molecule has 4 heteroatoms. The third kappa shape index (κ3) is 2.37. The number of halogens is 2. The summed E-state index contributed by atoms with van der Waals surface area (Å²) >= 11 is 10.8. The highest BCUT2D eigenvalue weighted by Gasteiger charge is 2.14. The van der Waals surface area contributed by atoms with Gasteiger partial charge in [-0.25, -0.2) is 0 Å². The Balaban J connectivity index is 2.45. The molecule has 0 unspecified atom stereocenters. The third-order valence-corrected chi connectivity index (χ3v) is 3.96. The van der Waals surface area contributed by atoms with Crippen LogP contribution in [0.5, 0.6) is 0 Å². The molecular weight excluding hydrogens is 308 g/mol. The lowest BCUT2D eigenvalue weighted by molar-refractivity contribution is 0.104. The highest BCUT2D eigenvalue weighted by Crippen LogP contribution is 2.26. The van der Waals surface area contributed by atoms with Gasteiger partial charge < -0.3 is 0 Å². The number of hydrogen-bond acceptors (Lipinski definition) is 2. The molecule has 0 saturated carbocycles. The molecule has 82 valence electrons. The Hall–Kier alpha value is -0.640. The molecule has 1 nitrogen and oxygen atoms in total. The maximum Gasteiger partial charge on any atom is 0.204 e. The topological polar surface area (TPSA) is 17.1 Å². The van der Waals surface area contributed by atoms with E-state index in [4.69, 9.17) is 11.6 Å². The van der Waals surface area contributed by atoms with Gasteiger partial charge in [-0.05, 0) is 37.3 Å². The number of aryl methyl sites for hydroxylation is 1. The van der Waals surface area contributed by atoms with E-state index in [1.54, 1.807) is 12.1 Å². The molecule has 1 heterocycles. The summed E-state index contributed by atoms with van der Waals surface area (Å²) in [5, 5.41) is 0.485. The molecule has 0 atom stereocenters. The number of carbonyl (C=O) groups excluding carboxylic acids is 1. The van der Waals surface area contributed by atoms with Crippen LogP contribution in [0.3, 0.4) is 0 Å². The molecule has 0 aliphatic heterocycles. The van der Waals surface area contributed by atoms with Crippen molar-refractivity contribution in [2.24, 2.45) is 0 Å². The van der Waals surface area contributed by atoms with E-state index in [1.807, 2.05) is 25.1 Å². The summed E-state index contributed by atoms with van der Waals surface area (Å²) in [4.78, 5) is 14.0. The van der Waals surface area contributed by atoms with Crippen molar-refractivity contribution in [2.75, 3.05) is 0 Å². The van der Waals surface area contributed by atoms with E-state index >= 15 is 0 Å². The van der Waals surface area contributed by atoms with E-state index in [2.05, 4.69) is 15.9 Å². The van der Waals surface area contributed by atoms with Crippen molar-refractivity contribution in [2.45, 2.75) is 6.92 Å². The normalized spacial score (nSPS) is 10.4. The van der Waals surface area contributed by atoms with Gasteiger partial charge in [0.15, 0.2) is 0 Å². The van der Waals surface area contributed by atoms with Gasteiger partial charge in [-0.2, -0.15) is 0 Å². The molecular formula is C12H8BrClOS. The number of thiophene rings is 1. The summed E-state index contributed by atoms with van der Waals surface area (Å²) in [5.41, 5.74) is 0.540. The second kappa shape index (κ2) is 4.70. The zero-order valence-electron chi connectivity index (χ0n) is 8.46. The van der Waals surface area contributed by atoms with Gasteiger partial charge in [0.05, 0.1) is 9.90 Å². The van der Waals surface area contributed by atoms with Crippen LogP contribution in [0.15, 0.2) is 34.8 Å².